The third-order valence-electron chi connectivity index (χ3n) is 4.71. The molecule has 0 radical (unpaired) electrons. The van der Waals surface area contributed by atoms with E-state index >= 15 is 0 Å². The number of hydrogen-bond donors (Lipinski definition) is 1. The third kappa shape index (κ3) is 3.36. The molecule has 0 unspecified atom stereocenters. The smallest absolute Gasteiger partial charge is 0.419 e. The Morgan fingerprint density at radius 3 is 2.64 bits per heavy atom. The maximum absolute atomic E-state index is 13.0. The minimum absolute atomic E-state index is 0.360. The number of carbonyl (C=O) groups excluding carboxylic acids is 1. The molecule has 28 heavy (non-hydrogen) atoms. The van der Waals surface area contributed by atoms with Gasteiger partial charge < -0.3 is 14.5 Å². The van der Waals surface area contributed by atoms with Crippen LogP contribution in [0.15, 0.2) is 54.7 Å². The number of methoxy groups -OCH3 is 1. The van der Waals surface area contributed by atoms with Crippen molar-refractivity contribution >= 4 is 27.9 Å². The second-order valence-corrected chi connectivity index (χ2v) is 7.91. The Morgan fingerprint density at radius 1 is 1.11 bits per heavy atom. The Hall–Kier alpha value is -3.21. The van der Waals surface area contributed by atoms with Crippen molar-refractivity contribution < 1.29 is 14.3 Å². The monoisotopic (exact) mass is 376 g/mol. The molecule has 144 valence electrons. The molecule has 2 heterocycles. The first kappa shape index (κ1) is 18.2. The molecule has 5 nitrogen and oxygen atoms in total. The highest BCUT2D eigenvalue weighted by molar-refractivity contribution is 5.92. The summed E-state index contributed by atoms with van der Waals surface area (Å²) in [6.45, 7) is 5.63. The average Bonchev–Trinajstić information content (AvgIpc) is 3.21. The van der Waals surface area contributed by atoms with E-state index in [4.69, 9.17) is 9.47 Å². The van der Waals surface area contributed by atoms with Crippen LogP contribution in [-0.2, 0) is 11.2 Å². The Bertz CT molecular complexity index is 1160. The van der Waals surface area contributed by atoms with Gasteiger partial charge in [0, 0.05) is 34.6 Å². The predicted molar refractivity (Wildman–Crippen MR) is 111 cm³/mol. The number of hydrogen-bond acceptors (Lipinski definition) is 3. The summed E-state index contributed by atoms with van der Waals surface area (Å²) < 4.78 is 12.7. The lowest BCUT2D eigenvalue weighted by Gasteiger charge is -2.21. The van der Waals surface area contributed by atoms with E-state index < -0.39 is 5.60 Å². The van der Waals surface area contributed by atoms with Gasteiger partial charge in [-0.2, -0.15) is 0 Å². The summed E-state index contributed by atoms with van der Waals surface area (Å²) in [5, 5.41) is 2.10. The van der Waals surface area contributed by atoms with Crippen LogP contribution in [0.3, 0.4) is 0 Å². The molecule has 0 spiro atoms. The molecule has 0 fully saturated rings. The van der Waals surface area contributed by atoms with E-state index in [1.54, 1.807) is 11.7 Å². The highest BCUT2D eigenvalue weighted by Gasteiger charge is 2.22. The van der Waals surface area contributed by atoms with E-state index in [1.165, 1.54) is 0 Å². The fourth-order valence-electron chi connectivity index (χ4n) is 3.49. The number of H-pyrrole nitrogens is 1. The van der Waals surface area contributed by atoms with E-state index in [-0.39, 0.29) is 6.09 Å². The van der Waals surface area contributed by atoms with Gasteiger partial charge in [0.2, 0.25) is 0 Å². The van der Waals surface area contributed by atoms with Crippen molar-refractivity contribution in [2.45, 2.75) is 32.8 Å². The number of aromatic amines is 1. The molecule has 0 aliphatic rings. The van der Waals surface area contributed by atoms with Crippen molar-refractivity contribution in [3.63, 3.8) is 0 Å². The summed E-state index contributed by atoms with van der Waals surface area (Å²) in [4.78, 5) is 16.3. The van der Waals surface area contributed by atoms with Gasteiger partial charge in [-0.3, -0.25) is 0 Å². The quantitative estimate of drug-likeness (QED) is 0.513. The van der Waals surface area contributed by atoms with Gasteiger partial charge in [-0.1, -0.05) is 18.2 Å². The van der Waals surface area contributed by atoms with E-state index in [2.05, 4.69) is 11.1 Å². The maximum atomic E-state index is 13.0. The summed E-state index contributed by atoms with van der Waals surface area (Å²) >= 11 is 0. The number of rotatable bonds is 3. The first-order valence-corrected chi connectivity index (χ1v) is 9.32. The summed E-state index contributed by atoms with van der Waals surface area (Å²) in [5.41, 5.74) is 3.31. The standard InChI is InChI=1S/C23H24N2O3/c1-23(2,3)28-22(26)25-17(11-15-7-5-6-8-21(15)25)12-16-14-24-20-10-9-18(27-4)13-19(16)20/h5-11,13-14,24H,12H2,1-4H3. The summed E-state index contributed by atoms with van der Waals surface area (Å²) in [6.07, 6.45) is 2.23. The van der Waals surface area contributed by atoms with Crippen molar-refractivity contribution in [3.05, 3.63) is 66.0 Å². The molecule has 0 saturated carbocycles. The van der Waals surface area contributed by atoms with Crippen LogP contribution in [0, 0.1) is 0 Å². The predicted octanol–water partition coefficient (Wildman–Crippen LogP) is 5.51. The molecule has 0 saturated heterocycles. The third-order valence-corrected chi connectivity index (χ3v) is 4.71. The molecule has 2 aromatic heterocycles. The normalized spacial score (nSPS) is 11.9. The van der Waals surface area contributed by atoms with E-state index in [0.29, 0.717) is 6.42 Å². The van der Waals surface area contributed by atoms with Crippen molar-refractivity contribution in [2.24, 2.45) is 0 Å². The molecule has 0 bridgehead atoms. The number of nitrogens with one attached hydrogen (secondary N) is 1. The zero-order chi connectivity index (χ0) is 19.9. The number of nitrogens with zero attached hydrogens (tertiary/aromatic N) is 1. The van der Waals surface area contributed by atoms with Gasteiger partial charge in [-0.25, -0.2) is 9.36 Å². The van der Waals surface area contributed by atoms with E-state index in [9.17, 15) is 4.79 Å². The zero-order valence-corrected chi connectivity index (χ0v) is 16.6. The van der Waals surface area contributed by atoms with Gasteiger partial charge in [0.1, 0.15) is 11.4 Å². The minimum atomic E-state index is -0.562. The largest absolute Gasteiger partial charge is 0.497 e. The van der Waals surface area contributed by atoms with Gasteiger partial charge in [0.25, 0.3) is 0 Å². The Balaban J connectivity index is 1.81. The van der Waals surface area contributed by atoms with E-state index in [1.807, 2.05) is 69.4 Å². The number of aromatic nitrogens is 2. The lowest BCUT2D eigenvalue weighted by Crippen LogP contribution is -2.28. The lowest BCUT2D eigenvalue weighted by molar-refractivity contribution is 0.0541. The fraction of sp³-hybridized carbons (Fsp3) is 0.261. The van der Waals surface area contributed by atoms with Crippen molar-refractivity contribution in [1.29, 1.82) is 0 Å². The van der Waals surface area contributed by atoms with Gasteiger partial charge >= 0.3 is 6.09 Å². The topological polar surface area (TPSA) is 56.2 Å². The molecule has 0 atom stereocenters. The number of para-hydroxylation sites is 1. The average molecular weight is 376 g/mol. The Labute approximate surface area is 163 Å². The van der Waals surface area contributed by atoms with Crippen LogP contribution in [0.2, 0.25) is 0 Å². The minimum Gasteiger partial charge on any atom is -0.497 e. The Morgan fingerprint density at radius 2 is 1.89 bits per heavy atom. The molecule has 1 N–H and O–H groups in total. The second-order valence-electron chi connectivity index (χ2n) is 7.91. The van der Waals surface area contributed by atoms with Crippen molar-refractivity contribution in [3.8, 4) is 5.75 Å². The highest BCUT2D eigenvalue weighted by Crippen LogP contribution is 2.28. The number of benzene rings is 2. The molecule has 0 aliphatic heterocycles. The Kier molecular flexibility index (Phi) is 4.38. The molecular formula is C23H24N2O3. The lowest BCUT2D eigenvalue weighted by atomic mass is 10.1. The molecular weight excluding hydrogens is 352 g/mol. The number of carbonyl (C=O) groups is 1. The SMILES string of the molecule is COc1ccc2[nH]cc(Cc3cc4ccccc4n3C(=O)OC(C)(C)C)c2c1. The summed E-state index contributed by atoms with van der Waals surface area (Å²) in [5.74, 6) is 0.807. The number of ether oxygens (including phenoxy) is 2. The molecule has 0 aliphatic carbocycles. The second kappa shape index (κ2) is 6.75. The molecule has 2 aromatic carbocycles. The zero-order valence-electron chi connectivity index (χ0n) is 16.6. The van der Waals surface area contributed by atoms with Gasteiger partial charge in [0.15, 0.2) is 0 Å². The first-order valence-electron chi connectivity index (χ1n) is 9.32. The van der Waals surface area contributed by atoms with Gasteiger partial charge in [-0.15, -0.1) is 0 Å². The molecule has 4 aromatic rings. The molecule has 5 heteroatoms. The van der Waals surface area contributed by atoms with Crippen molar-refractivity contribution in [1.82, 2.24) is 9.55 Å². The van der Waals surface area contributed by atoms with Crippen molar-refractivity contribution in [2.75, 3.05) is 7.11 Å². The van der Waals surface area contributed by atoms with Crippen LogP contribution in [-0.4, -0.2) is 28.4 Å². The molecule has 4 rings (SSSR count). The van der Waals surface area contributed by atoms with E-state index in [0.717, 1.165) is 38.8 Å². The summed E-state index contributed by atoms with van der Waals surface area (Å²) in [6, 6.07) is 15.9. The maximum Gasteiger partial charge on any atom is 0.419 e. The van der Waals surface area contributed by atoms with Crippen LogP contribution in [0.25, 0.3) is 21.8 Å². The number of fused-ring (bicyclic) bond motifs is 2. The van der Waals surface area contributed by atoms with Crippen LogP contribution < -0.4 is 4.74 Å². The molecule has 0 amide bonds. The van der Waals surface area contributed by atoms with Crippen LogP contribution in [0.4, 0.5) is 4.79 Å². The first-order chi connectivity index (χ1) is 13.4. The fourth-order valence-corrected chi connectivity index (χ4v) is 3.49. The van der Waals surface area contributed by atoms with Crippen LogP contribution in [0.5, 0.6) is 5.75 Å². The van der Waals surface area contributed by atoms with Gasteiger partial charge in [-0.05, 0) is 56.7 Å². The highest BCUT2D eigenvalue weighted by atomic mass is 16.6. The van der Waals surface area contributed by atoms with Gasteiger partial charge in [0.05, 0.1) is 12.6 Å². The van der Waals surface area contributed by atoms with Crippen LogP contribution >= 0.6 is 0 Å². The van der Waals surface area contributed by atoms with Crippen LogP contribution in [0.1, 0.15) is 32.0 Å². The summed E-state index contributed by atoms with van der Waals surface area (Å²) in [7, 11) is 1.66.